The van der Waals surface area contributed by atoms with Crippen LogP contribution in [0.5, 0.6) is 5.75 Å². The monoisotopic (exact) mass is 307 g/mol. The summed E-state index contributed by atoms with van der Waals surface area (Å²) in [4.78, 5) is 4.25. The molecule has 0 bridgehead atoms. The predicted molar refractivity (Wildman–Crippen MR) is 91.4 cm³/mol. The molecule has 5 heteroatoms. The molecule has 1 fully saturated rings. The predicted octanol–water partition coefficient (Wildman–Crippen LogP) is 2.52. The molecule has 1 aromatic carbocycles. The van der Waals surface area contributed by atoms with Crippen molar-refractivity contribution in [3.63, 3.8) is 0 Å². The van der Waals surface area contributed by atoms with Crippen LogP contribution >= 0.6 is 11.8 Å². The fourth-order valence-corrected chi connectivity index (χ4v) is 3.57. The minimum atomic E-state index is 0.345. The van der Waals surface area contributed by atoms with Gasteiger partial charge in [-0.1, -0.05) is 18.2 Å². The Bertz CT molecular complexity index is 444. The maximum atomic E-state index is 5.65. The lowest BCUT2D eigenvalue weighted by molar-refractivity contribution is 0.322. The molecule has 2 rings (SSSR count). The Labute approximate surface area is 131 Å². The van der Waals surface area contributed by atoms with Crippen molar-refractivity contribution < 1.29 is 4.74 Å². The Kier molecular flexibility index (Phi) is 6.23. The van der Waals surface area contributed by atoms with Crippen LogP contribution < -0.4 is 15.4 Å². The van der Waals surface area contributed by atoms with Gasteiger partial charge in [-0.15, -0.1) is 0 Å². The molecule has 1 aliphatic heterocycles. The molecule has 1 saturated heterocycles. The number of rotatable bonds is 6. The van der Waals surface area contributed by atoms with E-state index in [2.05, 4.69) is 34.3 Å². The molecule has 21 heavy (non-hydrogen) atoms. The summed E-state index contributed by atoms with van der Waals surface area (Å²) in [5, 5.41) is 6.70. The van der Waals surface area contributed by atoms with Gasteiger partial charge in [0.1, 0.15) is 12.4 Å². The second-order valence-electron chi connectivity index (χ2n) is 5.42. The molecular weight excluding hydrogens is 282 g/mol. The highest BCUT2D eigenvalue weighted by atomic mass is 32.2. The van der Waals surface area contributed by atoms with Crippen molar-refractivity contribution in [2.24, 2.45) is 4.99 Å². The van der Waals surface area contributed by atoms with E-state index >= 15 is 0 Å². The summed E-state index contributed by atoms with van der Waals surface area (Å²) in [6.07, 6.45) is 2.60. The van der Waals surface area contributed by atoms with Gasteiger partial charge < -0.3 is 15.4 Å². The average Bonchev–Trinajstić information content (AvgIpc) is 2.95. The molecule has 2 N–H and O–H groups in total. The minimum Gasteiger partial charge on any atom is -0.492 e. The molecule has 1 unspecified atom stereocenters. The highest BCUT2D eigenvalue weighted by Crippen LogP contribution is 2.36. The summed E-state index contributed by atoms with van der Waals surface area (Å²) < 4.78 is 5.99. The summed E-state index contributed by atoms with van der Waals surface area (Å²) in [5.41, 5.74) is 0. The number of nitrogens with one attached hydrogen (secondary N) is 2. The molecule has 4 nitrogen and oxygen atoms in total. The molecule has 1 aromatic rings. The molecular formula is C16H25N3OS. The van der Waals surface area contributed by atoms with Gasteiger partial charge in [0, 0.05) is 18.3 Å². The summed E-state index contributed by atoms with van der Waals surface area (Å²) in [5.74, 6) is 3.02. The number of guanidine groups is 1. The molecule has 0 aliphatic carbocycles. The lowest BCUT2D eigenvalue weighted by Gasteiger charge is -2.24. The van der Waals surface area contributed by atoms with E-state index < -0.39 is 0 Å². The Morgan fingerprint density at radius 3 is 2.81 bits per heavy atom. The van der Waals surface area contributed by atoms with Crippen LogP contribution in [0.15, 0.2) is 35.3 Å². The van der Waals surface area contributed by atoms with Crippen molar-refractivity contribution in [2.75, 3.05) is 32.5 Å². The van der Waals surface area contributed by atoms with E-state index in [4.69, 9.17) is 4.74 Å². The molecule has 1 aliphatic rings. The van der Waals surface area contributed by atoms with Crippen LogP contribution in [-0.4, -0.2) is 43.2 Å². The molecule has 0 radical (unpaired) electrons. The maximum absolute atomic E-state index is 5.65. The van der Waals surface area contributed by atoms with Gasteiger partial charge in [-0.2, -0.15) is 11.8 Å². The van der Waals surface area contributed by atoms with Crippen molar-refractivity contribution in [3.05, 3.63) is 30.3 Å². The third-order valence-electron chi connectivity index (χ3n) is 3.56. The van der Waals surface area contributed by atoms with Gasteiger partial charge in [-0.3, -0.25) is 4.99 Å². The third kappa shape index (κ3) is 5.50. The zero-order chi connectivity index (χ0) is 15.0. The van der Waals surface area contributed by atoms with E-state index in [1.165, 1.54) is 18.6 Å². The SMILES string of the molecule is CN=C(NCCOc1ccccc1)NCC1(C)CCCS1. The smallest absolute Gasteiger partial charge is 0.191 e. The van der Waals surface area contributed by atoms with Gasteiger partial charge in [-0.25, -0.2) is 0 Å². The van der Waals surface area contributed by atoms with Gasteiger partial charge in [0.15, 0.2) is 5.96 Å². The number of benzene rings is 1. The number of ether oxygens (including phenoxy) is 1. The van der Waals surface area contributed by atoms with Crippen molar-refractivity contribution in [2.45, 2.75) is 24.5 Å². The highest BCUT2D eigenvalue weighted by molar-refractivity contribution is 8.00. The van der Waals surface area contributed by atoms with Crippen LogP contribution in [0.3, 0.4) is 0 Å². The quantitative estimate of drug-likeness (QED) is 0.481. The topological polar surface area (TPSA) is 45.7 Å². The van der Waals surface area contributed by atoms with E-state index in [1.807, 2.05) is 30.3 Å². The number of hydrogen-bond acceptors (Lipinski definition) is 3. The van der Waals surface area contributed by atoms with E-state index in [1.54, 1.807) is 7.05 Å². The van der Waals surface area contributed by atoms with Crippen molar-refractivity contribution >= 4 is 17.7 Å². The summed E-state index contributed by atoms with van der Waals surface area (Å²) in [6, 6.07) is 9.86. The van der Waals surface area contributed by atoms with Gasteiger partial charge in [0.25, 0.3) is 0 Å². The minimum absolute atomic E-state index is 0.345. The Morgan fingerprint density at radius 1 is 1.33 bits per heavy atom. The molecule has 116 valence electrons. The summed E-state index contributed by atoms with van der Waals surface area (Å²) in [6.45, 7) is 4.63. The standard InChI is InChI=1S/C16H25N3OS/c1-16(9-6-12-21-16)13-19-15(17-2)18-10-11-20-14-7-4-3-5-8-14/h3-5,7-8H,6,9-13H2,1-2H3,(H2,17,18,19). The third-order valence-corrected chi connectivity index (χ3v) is 5.10. The van der Waals surface area contributed by atoms with Gasteiger partial charge in [-0.05, 0) is 37.7 Å². The zero-order valence-corrected chi connectivity index (χ0v) is 13.7. The average molecular weight is 307 g/mol. The normalized spacial score (nSPS) is 22.1. The molecule has 1 atom stereocenters. The Hall–Kier alpha value is -1.36. The number of hydrogen-bond donors (Lipinski definition) is 2. The van der Waals surface area contributed by atoms with E-state index in [9.17, 15) is 0 Å². The first kappa shape index (κ1) is 16.0. The van der Waals surface area contributed by atoms with Crippen molar-refractivity contribution in [1.82, 2.24) is 10.6 Å². The second kappa shape index (κ2) is 8.17. The van der Waals surface area contributed by atoms with Crippen LogP contribution in [0.25, 0.3) is 0 Å². The lowest BCUT2D eigenvalue weighted by Crippen LogP contribution is -2.44. The Morgan fingerprint density at radius 2 is 2.14 bits per heavy atom. The van der Waals surface area contributed by atoms with Gasteiger partial charge >= 0.3 is 0 Å². The fraction of sp³-hybridized carbons (Fsp3) is 0.562. The molecule has 0 spiro atoms. The van der Waals surface area contributed by atoms with Gasteiger partial charge in [0.2, 0.25) is 0 Å². The highest BCUT2D eigenvalue weighted by Gasteiger charge is 2.29. The van der Waals surface area contributed by atoms with Crippen molar-refractivity contribution in [1.29, 1.82) is 0 Å². The second-order valence-corrected chi connectivity index (χ2v) is 7.10. The molecule has 0 aromatic heterocycles. The first-order chi connectivity index (χ1) is 10.2. The van der Waals surface area contributed by atoms with E-state index in [-0.39, 0.29) is 0 Å². The number of thioether (sulfide) groups is 1. The van der Waals surface area contributed by atoms with Crippen LogP contribution in [0.4, 0.5) is 0 Å². The number of nitrogens with zero attached hydrogens (tertiary/aromatic N) is 1. The number of para-hydroxylation sites is 1. The maximum Gasteiger partial charge on any atom is 0.191 e. The first-order valence-electron chi connectivity index (χ1n) is 7.48. The van der Waals surface area contributed by atoms with Crippen LogP contribution in [0.2, 0.25) is 0 Å². The number of aliphatic imine (C=N–C) groups is 1. The lowest BCUT2D eigenvalue weighted by atomic mass is 10.1. The summed E-state index contributed by atoms with van der Waals surface area (Å²) >= 11 is 2.05. The Balaban J connectivity index is 1.64. The zero-order valence-electron chi connectivity index (χ0n) is 12.9. The molecule has 0 amide bonds. The van der Waals surface area contributed by atoms with E-state index in [0.717, 1.165) is 24.8 Å². The van der Waals surface area contributed by atoms with E-state index in [0.29, 0.717) is 11.4 Å². The largest absolute Gasteiger partial charge is 0.492 e. The summed E-state index contributed by atoms with van der Waals surface area (Å²) in [7, 11) is 1.80. The molecule has 0 saturated carbocycles. The van der Waals surface area contributed by atoms with Crippen LogP contribution in [0, 0.1) is 0 Å². The fourth-order valence-electron chi connectivity index (χ4n) is 2.32. The molecule has 1 heterocycles. The van der Waals surface area contributed by atoms with Crippen LogP contribution in [-0.2, 0) is 0 Å². The van der Waals surface area contributed by atoms with Gasteiger partial charge in [0.05, 0.1) is 6.54 Å². The van der Waals surface area contributed by atoms with Crippen molar-refractivity contribution in [3.8, 4) is 5.75 Å². The first-order valence-corrected chi connectivity index (χ1v) is 8.47. The van der Waals surface area contributed by atoms with Crippen LogP contribution in [0.1, 0.15) is 19.8 Å².